The number of carbonyl (C=O) groups excluding carboxylic acids is 5. The highest BCUT2D eigenvalue weighted by molar-refractivity contribution is 5.88. The van der Waals surface area contributed by atoms with E-state index in [1.165, 1.54) is 0 Å². The molecule has 2 atom stereocenters. The Balaban J connectivity index is 4.93. The maximum atomic E-state index is 12.8. The third kappa shape index (κ3) is 21.3. The van der Waals surface area contributed by atoms with E-state index in [1.54, 1.807) is 41.5 Å². The fourth-order valence-corrected chi connectivity index (χ4v) is 3.57. The molecule has 0 heterocycles. The quantitative estimate of drug-likeness (QED) is 0.117. The normalized spacial score (nSPS) is 13.0. The molecular weight excluding hydrogens is 532 g/mol. The Morgan fingerprint density at radius 2 is 1.27 bits per heavy atom. The van der Waals surface area contributed by atoms with Gasteiger partial charge in [-0.2, -0.15) is 0 Å². The highest BCUT2D eigenvalue weighted by Crippen LogP contribution is 2.11. The number of hydrazine groups is 1. The van der Waals surface area contributed by atoms with Gasteiger partial charge in [-0.05, 0) is 92.5 Å². The Bertz CT molecular complexity index is 837. The van der Waals surface area contributed by atoms with E-state index < -0.39 is 41.4 Å². The minimum Gasteiger partial charge on any atom is -0.444 e. The van der Waals surface area contributed by atoms with Gasteiger partial charge in [-0.1, -0.05) is 20.3 Å². The number of hydrogen-bond acceptors (Lipinski definition) is 8. The van der Waals surface area contributed by atoms with Gasteiger partial charge in [0, 0.05) is 13.0 Å². The lowest BCUT2D eigenvalue weighted by atomic mass is 10.0. The molecule has 0 fully saturated rings. The van der Waals surface area contributed by atoms with Crippen LogP contribution in [0.3, 0.4) is 0 Å². The third-order valence-corrected chi connectivity index (χ3v) is 5.37. The van der Waals surface area contributed by atoms with Crippen molar-refractivity contribution in [2.75, 3.05) is 13.1 Å². The van der Waals surface area contributed by atoms with Crippen LogP contribution in [0.25, 0.3) is 0 Å². The van der Waals surface area contributed by atoms with E-state index in [4.69, 9.17) is 15.2 Å². The Morgan fingerprint density at radius 3 is 1.78 bits per heavy atom. The summed E-state index contributed by atoms with van der Waals surface area (Å²) in [6.45, 7) is 15.1. The van der Waals surface area contributed by atoms with Gasteiger partial charge >= 0.3 is 12.2 Å². The van der Waals surface area contributed by atoms with Gasteiger partial charge < -0.3 is 31.2 Å². The van der Waals surface area contributed by atoms with E-state index in [0.29, 0.717) is 38.8 Å². The second-order valence-corrected chi connectivity index (χ2v) is 12.5. The summed E-state index contributed by atoms with van der Waals surface area (Å²) < 4.78 is 10.5. The molecule has 0 aromatic carbocycles. The third-order valence-electron chi connectivity index (χ3n) is 5.37. The van der Waals surface area contributed by atoms with Crippen LogP contribution in [0.2, 0.25) is 0 Å². The van der Waals surface area contributed by atoms with Crippen molar-refractivity contribution >= 4 is 29.9 Å². The van der Waals surface area contributed by atoms with E-state index in [-0.39, 0.29) is 30.6 Å². The predicted molar refractivity (Wildman–Crippen MR) is 156 cm³/mol. The number of ether oxygens (including phenoxy) is 2. The number of unbranched alkanes of at least 4 members (excludes halogenated alkanes) is 3. The molecule has 0 unspecified atom stereocenters. The van der Waals surface area contributed by atoms with Crippen molar-refractivity contribution in [1.29, 1.82) is 0 Å². The van der Waals surface area contributed by atoms with Crippen LogP contribution in [0.5, 0.6) is 0 Å². The lowest BCUT2D eigenvalue weighted by Gasteiger charge is -2.24. The molecule has 0 aliphatic heterocycles. The van der Waals surface area contributed by atoms with E-state index in [2.05, 4.69) is 26.8 Å². The summed E-state index contributed by atoms with van der Waals surface area (Å²) in [4.78, 5) is 62.0. The van der Waals surface area contributed by atoms with E-state index in [1.807, 2.05) is 13.8 Å². The largest absolute Gasteiger partial charge is 0.444 e. The lowest BCUT2D eigenvalue weighted by Crippen LogP contribution is -2.53. The molecule has 0 aliphatic carbocycles. The zero-order chi connectivity index (χ0) is 31.6. The van der Waals surface area contributed by atoms with Gasteiger partial charge in [0.15, 0.2) is 0 Å². The van der Waals surface area contributed by atoms with Crippen molar-refractivity contribution < 1.29 is 33.4 Å². The fraction of sp³-hybridized carbons (Fsp3) is 0.821. The molecule has 5 amide bonds. The second-order valence-electron chi connectivity index (χ2n) is 12.5. The second kappa shape index (κ2) is 19.1. The average Bonchev–Trinajstić information content (AvgIpc) is 2.81. The molecule has 0 aliphatic rings. The first-order chi connectivity index (χ1) is 18.9. The summed E-state index contributed by atoms with van der Waals surface area (Å²) in [5.41, 5.74) is 8.74. The van der Waals surface area contributed by atoms with Crippen molar-refractivity contribution in [3.05, 3.63) is 0 Å². The van der Waals surface area contributed by atoms with Gasteiger partial charge in [0.2, 0.25) is 11.8 Å². The summed E-state index contributed by atoms with van der Waals surface area (Å²) in [6, 6.07) is -1.73. The number of nitrogens with one attached hydrogen (secondary N) is 5. The van der Waals surface area contributed by atoms with E-state index >= 15 is 0 Å². The molecule has 7 N–H and O–H groups in total. The van der Waals surface area contributed by atoms with Gasteiger partial charge in [0.25, 0.3) is 5.91 Å². The molecule has 0 saturated heterocycles. The Kier molecular flexibility index (Phi) is 17.7. The van der Waals surface area contributed by atoms with Gasteiger partial charge in [-0.15, -0.1) is 0 Å². The van der Waals surface area contributed by atoms with Gasteiger partial charge in [0.1, 0.15) is 23.3 Å². The van der Waals surface area contributed by atoms with Crippen LogP contribution < -0.4 is 32.5 Å². The predicted octanol–water partition coefficient (Wildman–Crippen LogP) is 2.77. The summed E-state index contributed by atoms with van der Waals surface area (Å²) in [7, 11) is 0. The molecule has 0 spiro atoms. The lowest BCUT2D eigenvalue weighted by molar-refractivity contribution is -0.130. The van der Waals surface area contributed by atoms with Crippen molar-refractivity contribution in [2.45, 2.75) is 130 Å². The maximum absolute atomic E-state index is 12.8. The van der Waals surface area contributed by atoms with E-state index in [0.717, 1.165) is 12.8 Å². The zero-order valence-corrected chi connectivity index (χ0v) is 26.2. The molecule has 0 saturated carbocycles. The van der Waals surface area contributed by atoms with Gasteiger partial charge in [-0.25, -0.2) is 9.59 Å². The number of rotatable bonds is 16. The van der Waals surface area contributed by atoms with Gasteiger partial charge in [-0.3, -0.25) is 25.2 Å². The van der Waals surface area contributed by atoms with Crippen molar-refractivity contribution in [3.8, 4) is 0 Å². The van der Waals surface area contributed by atoms with E-state index in [9.17, 15) is 24.0 Å². The van der Waals surface area contributed by atoms with Crippen LogP contribution in [0.1, 0.15) is 107 Å². The smallest absolute Gasteiger partial charge is 0.408 e. The van der Waals surface area contributed by atoms with Gasteiger partial charge in [0.05, 0.1) is 0 Å². The molecule has 0 rings (SSSR count). The minimum absolute atomic E-state index is 0.158. The SMILES string of the molecule is CC(C)C[C@H](NC(=O)OC(C)(C)C)C(=O)NCCCC[C@@H](NC(=O)OC(C)(C)C)C(=O)NNC(=O)CCCCCN. The monoisotopic (exact) mass is 586 g/mol. The molecule has 238 valence electrons. The number of alkyl carbamates (subject to hydrolysis) is 2. The molecule has 41 heavy (non-hydrogen) atoms. The molecule has 0 radical (unpaired) electrons. The highest BCUT2D eigenvalue weighted by Gasteiger charge is 2.26. The molecular formula is C28H54N6O7. The Hall–Kier alpha value is -3.09. The number of nitrogens with two attached hydrogens (primary N) is 1. The molecule has 13 heteroatoms. The fourth-order valence-electron chi connectivity index (χ4n) is 3.57. The number of carbonyl (C=O) groups is 5. The van der Waals surface area contributed by atoms with Crippen LogP contribution in [0.4, 0.5) is 9.59 Å². The maximum Gasteiger partial charge on any atom is 0.408 e. The summed E-state index contributed by atoms with van der Waals surface area (Å²) in [5.74, 6) is -1.11. The van der Waals surface area contributed by atoms with Crippen LogP contribution >= 0.6 is 0 Å². The van der Waals surface area contributed by atoms with Crippen LogP contribution in [0.15, 0.2) is 0 Å². The van der Waals surface area contributed by atoms with Crippen molar-refractivity contribution in [2.24, 2.45) is 11.7 Å². The standard InChI is InChI=1S/C28H54N6O7/c1-19(2)18-21(32-26(39)41-28(6,7)8)23(36)30-17-13-11-14-20(31-25(38)40-27(3,4)5)24(37)34-33-22(35)15-10-9-12-16-29/h19-21H,9-18,29H2,1-8H3,(H,30,36)(H,31,38)(H,32,39)(H,33,35)(H,34,37)/t20-,21+/m1/s1. The molecule has 0 aromatic rings. The van der Waals surface area contributed by atoms with Crippen molar-refractivity contribution in [1.82, 2.24) is 26.8 Å². The molecule has 13 nitrogen and oxygen atoms in total. The zero-order valence-electron chi connectivity index (χ0n) is 26.2. The number of amides is 5. The van der Waals surface area contributed by atoms with Crippen LogP contribution in [-0.4, -0.2) is 66.3 Å². The van der Waals surface area contributed by atoms with Crippen LogP contribution in [-0.2, 0) is 23.9 Å². The first-order valence-corrected chi connectivity index (χ1v) is 14.5. The summed E-state index contributed by atoms with van der Waals surface area (Å²) in [6.07, 6.45) is 2.74. The minimum atomic E-state index is -0.972. The topological polar surface area (TPSA) is 190 Å². The number of hydrogen-bond donors (Lipinski definition) is 6. The summed E-state index contributed by atoms with van der Waals surface area (Å²) in [5, 5.41) is 8.00. The molecule has 0 aromatic heterocycles. The average molecular weight is 587 g/mol. The Morgan fingerprint density at radius 1 is 0.707 bits per heavy atom. The Labute approximate surface area is 245 Å². The summed E-state index contributed by atoms with van der Waals surface area (Å²) >= 11 is 0. The van der Waals surface area contributed by atoms with Crippen molar-refractivity contribution in [3.63, 3.8) is 0 Å². The first kappa shape index (κ1) is 37.9. The first-order valence-electron chi connectivity index (χ1n) is 14.5. The molecule has 0 bridgehead atoms. The van der Waals surface area contributed by atoms with Crippen LogP contribution in [0, 0.1) is 5.92 Å². The highest BCUT2D eigenvalue weighted by atomic mass is 16.6.